The van der Waals surface area contributed by atoms with Crippen LogP contribution in [0.4, 0.5) is 5.69 Å². The average molecular weight is 188 g/mol. The lowest BCUT2D eigenvalue weighted by molar-refractivity contribution is 0.746. The quantitative estimate of drug-likeness (QED) is 0.715. The lowest BCUT2D eigenvalue weighted by Crippen LogP contribution is -1.90. The number of rotatable bonds is 4. The van der Waals surface area contributed by atoms with E-state index in [-0.39, 0.29) is 0 Å². The van der Waals surface area contributed by atoms with E-state index in [1.54, 1.807) is 0 Å². The van der Waals surface area contributed by atoms with E-state index in [1.807, 2.05) is 0 Å². The molecule has 1 radical (unpaired) electrons. The zero-order valence-corrected chi connectivity index (χ0v) is 8.68. The van der Waals surface area contributed by atoms with Crippen molar-refractivity contribution in [1.82, 2.24) is 0 Å². The van der Waals surface area contributed by atoms with Gasteiger partial charge in [0, 0.05) is 12.2 Å². The Hall–Kier alpha value is -0.980. The van der Waals surface area contributed by atoms with Crippen LogP contribution in [0.1, 0.15) is 30.4 Å². The topological polar surface area (TPSA) is 12.0 Å². The average Bonchev–Trinajstić information content (AvgIpc) is 2.65. The van der Waals surface area contributed by atoms with Gasteiger partial charge in [-0.15, -0.1) is 0 Å². The Kier molecular flexibility index (Phi) is 3.07. The summed E-state index contributed by atoms with van der Waals surface area (Å²) in [6.45, 7) is 4.97. The van der Waals surface area contributed by atoms with E-state index >= 15 is 0 Å². The highest BCUT2D eigenvalue weighted by Crippen LogP contribution is 2.23. The molecular formula is C13H18N. The van der Waals surface area contributed by atoms with E-state index in [1.165, 1.54) is 42.5 Å². The van der Waals surface area contributed by atoms with Crippen LogP contribution < -0.4 is 5.32 Å². The number of anilines is 1. The maximum Gasteiger partial charge on any atom is 0.0373 e. The zero-order chi connectivity index (χ0) is 9.80. The summed E-state index contributed by atoms with van der Waals surface area (Å²) < 4.78 is 0. The largest absolute Gasteiger partial charge is 0.384 e. The Labute approximate surface area is 86.5 Å². The maximum absolute atomic E-state index is 3.86. The molecule has 0 bridgehead atoms. The molecule has 1 aromatic rings. The van der Waals surface area contributed by atoms with Crippen molar-refractivity contribution in [2.24, 2.45) is 0 Å². The lowest BCUT2D eigenvalue weighted by atomic mass is 10.0. The monoisotopic (exact) mass is 188 g/mol. The Balaban J connectivity index is 1.98. The van der Waals surface area contributed by atoms with Gasteiger partial charge in [0.15, 0.2) is 0 Å². The van der Waals surface area contributed by atoms with Crippen molar-refractivity contribution in [3.63, 3.8) is 0 Å². The number of nitrogens with one attached hydrogen (secondary N) is 1. The number of hydrogen-bond donors (Lipinski definition) is 1. The maximum atomic E-state index is 3.86. The predicted octanol–water partition coefficient (Wildman–Crippen LogP) is 3.20. The molecule has 0 spiro atoms. The molecule has 1 heterocycles. The molecule has 0 aromatic heterocycles. The molecule has 0 fully saturated rings. The Morgan fingerprint density at radius 3 is 3.07 bits per heavy atom. The Bertz CT molecular complexity index is 304. The standard InChI is InChI=1S/C13H18N/c1-2-3-4-5-11-6-7-13-12(10-11)8-9-14-13/h6-7,10,14H,1-5,8-9H2. The first kappa shape index (κ1) is 9.57. The van der Waals surface area contributed by atoms with Crippen LogP contribution in [-0.2, 0) is 12.8 Å². The first-order valence-electron chi connectivity index (χ1n) is 5.55. The van der Waals surface area contributed by atoms with Crippen molar-refractivity contribution in [3.8, 4) is 0 Å². The molecule has 0 saturated carbocycles. The number of fused-ring (bicyclic) bond motifs is 1. The summed E-state index contributed by atoms with van der Waals surface area (Å²) in [7, 11) is 0. The van der Waals surface area contributed by atoms with Gasteiger partial charge in [-0.05, 0) is 36.5 Å². The smallest absolute Gasteiger partial charge is 0.0373 e. The van der Waals surface area contributed by atoms with Crippen LogP contribution >= 0.6 is 0 Å². The molecule has 0 atom stereocenters. The SMILES string of the molecule is [CH2]CCCCc1ccc2c(c1)CCN2. The Morgan fingerprint density at radius 2 is 2.21 bits per heavy atom. The highest BCUT2D eigenvalue weighted by molar-refractivity contribution is 5.56. The molecule has 0 saturated heterocycles. The van der Waals surface area contributed by atoms with Crippen molar-refractivity contribution in [1.29, 1.82) is 0 Å². The summed E-state index contributed by atoms with van der Waals surface area (Å²) in [6, 6.07) is 6.83. The van der Waals surface area contributed by atoms with Gasteiger partial charge in [-0.3, -0.25) is 0 Å². The highest BCUT2D eigenvalue weighted by Gasteiger charge is 2.09. The second kappa shape index (κ2) is 4.50. The fourth-order valence-corrected chi connectivity index (χ4v) is 2.02. The summed E-state index contributed by atoms with van der Waals surface area (Å²) >= 11 is 0. The fourth-order valence-electron chi connectivity index (χ4n) is 2.02. The van der Waals surface area contributed by atoms with Crippen LogP contribution in [0.5, 0.6) is 0 Å². The highest BCUT2D eigenvalue weighted by atomic mass is 14.9. The van der Waals surface area contributed by atoms with Crippen molar-refractivity contribution >= 4 is 5.69 Å². The first-order valence-corrected chi connectivity index (χ1v) is 5.55. The van der Waals surface area contributed by atoms with Crippen LogP contribution in [0.3, 0.4) is 0 Å². The molecular weight excluding hydrogens is 170 g/mol. The van der Waals surface area contributed by atoms with Crippen LogP contribution in [0, 0.1) is 6.92 Å². The number of unbranched alkanes of at least 4 members (excludes halogenated alkanes) is 2. The summed E-state index contributed by atoms with van der Waals surface area (Å²) in [6.07, 6.45) is 5.98. The normalized spacial score (nSPS) is 13.8. The van der Waals surface area contributed by atoms with Crippen LogP contribution in [0.15, 0.2) is 18.2 Å². The molecule has 1 aliphatic heterocycles. The zero-order valence-electron chi connectivity index (χ0n) is 8.68. The molecule has 0 aliphatic carbocycles. The molecule has 1 heteroatoms. The molecule has 1 N–H and O–H groups in total. The third-order valence-corrected chi connectivity index (χ3v) is 2.84. The Morgan fingerprint density at radius 1 is 1.29 bits per heavy atom. The minimum absolute atomic E-state index is 1.06. The van der Waals surface area contributed by atoms with E-state index in [4.69, 9.17) is 0 Å². The molecule has 1 nitrogen and oxygen atoms in total. The van der Waals surface area contributed by atoms with Crippen LogP contribution in [-0.4, -0.2) is 6.54 Å². The van der Waals surface area contributed by atoms with Gasteiger partial charge in [0.1, 0.15) is 0 Å². The fraction of sp³-hybridized carbons (Fsp3) is 0.462. The van der Waals surface area contributed by atoms with Crippen molar-refractivity contribution < 1.29 is 0 Å². The molecule has 14 heavy (non-hydrogen) atoms. The first-order chi connectivity index (χ1) is 6.90. The summed E-state index contributed by atoms with van der Waals surface area (Å²) in [4.78, 5) is 0. The molecule has 0 amide bonds. The van der Waals surface area contributed by atoms with Gasteiger partial charge < -0.3 is 5.32 Å². The van der Waals surface area contributed by atoms with E-state index in [2.05, 4.69) is 30.4 Å². The van der Waals surface area contributed by atoms with Crippen LogP contribution in [0.25, 0.3) is 0 Å². The summed E-state index contributed by atoms with van der Waals surface area (Å²) in [5.41, 5.74) is 4.32. The molecule has 2 rings (SSSR count). The molecule has 75 valence electrons. The van der Waals surface area contributed by atoms with Gasteiger partial charge >= 0.3 is 0 Å². The molecule has 0 unspecified atom stereocenters. The van der Waals surface area contributed by atoms with Crippen LogP contribution in [0.2, 0.25) is 0 Å². The minimum Gasteiger partial charge on any atom is -0.384 e. The van der Waals surface area contributed by atoms with E-state index in [0.717, 1.165) is 13.0 Å². The van der Waals surface area contributed by atoms with E-state index in [9.17, 15) is 0 Å². The van der Waals surface area contributed by atoms with E-state index in [0.29, 0.717) is 0 Å². The van der Waals surface area contributed by atoms with Gasteiger partial charge in [0.2, 0.25) is 0 Å². The third kappa shape index (κ3) is 2.09. The van der Waals surface area contributed by atoms with Crippen molar-refractivity contribution in [2.75, 3.05) is 11.9 Å². The molecule has 1 aliphatic rings. The number of benzene rings is 1. The second-order valence-corrected chi connectivity index (χ2v) is 3.98. The van der Waals surface area contributed by atoms with Gasteiger partial charge in [-0.2, -0.15) is 0 Å². The van der Waals surface area contributed by atoms with Gasteiger partial charge in [0.25, 0.3) is 0 Å². The van der Waals surface area contributed by atoms with E-state index < -0.39 is 0 Å². The minimum atomic E-state index is 1.06. The van der Waals surface area contributed by atoms with Crippen molar-refractivity contribution in [2.45, 2.75) is 32.1 Å². The predicted molar refractivity (Wildman–Crippen MR) is 61.5 cm³/mol. The summed E-state index contributed by atoms with van der Waals surface area (Å²) in [5.74, 6) is 0. The second-order valence-electron chi connectivity index (χ2n) is 3.98. The summed E-state index contributed by atoms with van der Waals surface area (Å²) in [5, 5.41) is 3.38. The third-order valence-electron chi connectivity index (χ3n) is 2.84. The molecule has 1 aromatic carbocycles. The van der Waals surface area contributed by atoms with Crippen molar-refractivity contribution in [3.05, 3.63) is 36.2 Å². The van der Waals surface area contributed by atoms with Gasteiger partial charge in [-0.25, -0.2) is 0 Å². The number of aryl methyl sites for hydroxylation is 1. The lowest BCUT2D eigenvalue weighted by Gasteiger charge is -2.04. The van der Waals surface area contributed by atoms with Gasteiger partial charge in [-0.1, -0.05) is 31.9 Å². The van der Waals surface area contributed by atoms with Gasteiger partial charge in [0.05, 0.1) is 0 Å². The number of hydrogen-bond acceptors (Lipinski definition) is 1.